The molecule has 1 aromatic heterocycles. The number of benzene rings is 3. The molecule has 320 valence electrons. The van der Waals surface area contributed by atoms with Crippen molar-refractivity contribution in [3.8, 4) is 0 Å². The summed E-state index contributed by atoms with van der Waals surface area (Å²) >= 11 is 0. The average molecular weight is 830 g/mol. The van der Waals surface area contributed by atoms with Gasteiger partial charge in [-0.2, -0.15) is 0 Å². The highest BCUT2D eigenvalue weighted by molar-refractivity contribution is 5.68. The molecule has 0 amide bonds. The molecule has 2 aliphatic heterocycles. The fourth-order valence-corrected chi connectivity index (χ4v) is 7.38. The fourth-order valence-electron chi connectivity index (χ4n) is 7.38. The molecule has 16 nitrogen and oxygen atoms in total. The van der Waals surface area contributed by atoms with Crippen molar-refractivity contribution < 1.29 is 61.8 Å². The Balaban J connectivity index is 1.35. The van der Waals surface area contributed by atoms with Crippen molar-refractivity contribution in [1.29, 1.82) is 0 Å². The summed E-state index contributed by atoms with van der Waals surface area (Å²) in [5.74, 6) is -3.16. The van der Waals surface area contributed by atoms with E-state index in [-0.39, 0.29) is 19.1 Å². The lowest BCUT2D eigenvalue weighted by molar-refractivity contribution is -0.270. The highest BCUT2D eigenvalue weighted by atomic mass is 16.7. The maximum absolute atomic E-state index is 12.6. The van der Waals surface area contributed by atoms with Crippen molar-refractivity contribution in [3.63, 3.8) is 0 Å². The van der Waals surface area contributed by atoms with Gasteiger partial charge >= 0.3 is 23.9 Å². The van der Waals surface area contributed by atoms with E-state index in [2.05, 4.69) is 10.3 Å². The first-order valence-corrected chi connectivity index (χ1v) is 19.8. The molecule has 2 saturated heterocycles. The van der Waals surface area contributed by atoms with Crippen LogP contribution in [0.1, 0.15) is 69.3 Å². The van der Waals surface area contributed by atoms with Crippen molar-refractivity contribution >= 4 is 23.9 Å². The first kappa shape index (κ1) is 44.0. The third-order valence-corrected chi connectivity index (χ3v) is 10.0. The monoisotopic (exact) mass is 829 g/mol. The van der Waals surface area contributed by atoms with E-state index in [9.17, 15) is 19.2 Å². The van der Waals surface area contributed by atoms with E-state index in [1.54, 1.807) is 6.20 Å². The highest BCUT2D eigenvalue weighted by Gasteiger charge is 2.54. The van der Waals surface area contributed by atoms with Crippen molar-refractivity contribution in [2.75, 3.05) is 13.2 Å². The van der Waals surface area contributed by atoms with E-state index >= 15 is 0 Å². The van der Waals surface area contributed by atoms with Gasteiger partial charge in [-0.1, -0.05) is 103 Å². The molecule has 2 aliphatic rings. The normalized spacial score (nSPS) is 26.4. The van der Waals surface area contributed by atoms with Crippen LogP contribution in [0.5, 0.6) is 0 Å². The summed E-state index contributed by atoms with van der Waals surface area (Å²) in [6.07, 6.45) is -7.60. The third-order valence-electron chi connectivity index (χ3n) is 10.0. The van der Waals surface area contributed by atoms with Crippen LogP contribution in [0.15, 0.2) is 97.2 Å². The molecule has 3 aromatic carbocycles. The topological polar surface area (TPSA) is 182 Å². The van der Waals surface area contributed by atoms with Crippen LogP contribution >= 0.6 is 0 Å². The Bertz CT molecular complexity index is 2000. The number of nitrogens with zero attached hydrogens (tertiary/aromatic N) is 3. The second kappa shape index (κ2) is 21.1. The maximum Gasteiger partial charge on any atom is 0.303 e. The molecule has 6 rings (SSSR count). The van der Waals surface area contributed by atoms with E-state index in [0.29, 0.717) is 18.9 Å². The second-order valence-corrected chi connectivity index (χ2v) is 14.7. The molecule has 0 radical (unpaired) electrons. The van der Waals surface area contributed by atoms with Crippen LogP contribution in [0.2, 0.25) is 0 Å². The molecule has 10 atom stereocenters. The molecule has 2 fully saturated rings. The summed E-state index contributed by atoms with van der Waals surface area (Å²) in [6, 6.07) is 29.4. The molecule has 16 heteroatoms. The van der Waals surface area contributed by atoms with Crippen molar-refractivity contribution in [3.05, 3.63) is 120 Å². The van der Waals surface area contributed by atoms with Crippen LogP contribution in [0.3, 0.4) is 0 Å². The van der Waals surface area contributed by atoms with Crippen LogP contribution in [0.4, 0.5) is 0 Å². The van der Waals surface area contributed by atoms with Gasteiger partial charge in [0.1, 0.15) is 30.6 Å². The van der Waals surface area contributed by atoms with Crippen LogP contribution in [-0.2, 0) is 81.6 Å². The Kier molecular flexibility index (Phi) is 15.5. The number of ether oxygens (including phenoxy) is 9. The summed E-state index contributed by atoms with van der Waals surface area (Å²) in [7, 11) is 0. The molecule has 4 aromatic rings. The number of carbonyl (C=O) groups excluding carboxylic acids is 4. The van der Waals surface area contributed by atoms with Gasteiger partial charge in [-0.15, -0.1) is 5.10 Å². The number of esters is 4. The minimum absolute atomic E-state index is 0.175. The molecule has 0 N–H and O–H groups in total. The highest BCUT2D eigenvalue weighted by Crippen LogP contribution is 2.40. The summed E-state index contributed by atoms with van der Waals surface area (Å²) in [4.78, 5) is 49.2. The quantitative estimate of drug-likeness (QED) is 0.102. The lowest BCUT2D eigenvalue weighted by Gasteiger charge is -2.45. The van der Waals surface area contributed by atoms with Gasteiger partial charge in [0.2, 0.25) is 0 Å². The van der Waals surface area contributed by atoms with Gasteiger partial charge in [-0.3, -0.25) is 19.2 Å². The SMILES string of the molecule is CC(=O)OC[C@H]1O[C@H](n2cc([C@H]3O[C@H](COCc4ccccc4)[C@@H](OCc4ccccc4)C(C)[C@@H]3OCc3ccccc3)nn2)[C@@H](OC(C)=O)[C@@H](OC(C)=O)[C@@H]1OC(C)=O. The molecule has 0 spiro atoms. The van der Waals surface area contributed by atoms with Gasteiger partial charge in [-0.25, -0.2) is 4.68 Å². The van der Waals surface area contributed by atoms with Crippen LogP contribution in [-0.4, -0.2) is 94.8 Å². The predicted octanol–water partition coefficient (Wildman–Crippen LogP) is 5.00. The lowest BCUT2D eigenvalue weighted by Crippen LogP contribution is -2.60. The Hall–Kier alpha value is -5.52. The van der Waals surface area contributed by atoms with Gasteiger partial charge in [-0.05, 0) is 16.7 Å². The van der Waals surface area contributed by atoms with Gasteiger partial charge in [0, 0.05) is 33.6 Å². The number of aromatic nitrogens is 3. The molecule has 1 unspecified atom stereocenters. The van der Waals surface area contributed by atoms with Crippen LogP contribution in [0.25, 0.3) is 0 Å². The summed E-state index contributed by atoms with van der Waals surface area (Å²) in [6.45, 7) is 7.42. The Labute approximate surface area is 348 Å². The number of hydrogen-bond acceptors (Lipinski definition) is 15. The predicted molar refractivity (Wildman–Crippen MR) is 210 cm³/mol. The molecule has 60 heavy (non-hydrogen) atoms. The number of hydrogen-bond donors (Lipinski definition) is 0. The van der Waals surface area contributed by atoms with E-state index in [1.807, 2.05) is 97.9 Å². The van der Waals surface area contributed by atoms with Gasteiger partial charge < -0.3 is 42.6 Å². The molecule has 0 bridgehead atoms. The van der Waals surface area contributed by atoms with Crippen LogP contribution < -0.4 is 0 Å². The molecular formula is C44H51N3O13. The van der Waals surface area contributed by atoms with E-state index < -0.39 is 85.5 Å². The minimum atomic E-state index is -1.40. The lowest BCUT2D eigenvalue weighted by atomic mass is 9.86. The molecule has 0 aliphatic carbocycles. The largest absolute Gasteiger partial charge is 0.463 e. The average Bonchev–Trinajstić information content (AvgIpc) is 3.71. The summed E-state index contributed by atoms with van der Waals surface area (Å²) in [5.41, 5.74) is 3.27. The zero-order chi connectivity index (χ0) is 42.6. The summed E-state index contributed by atoms with van der Waals surface area (Å²) in [5, 5.41) is 8.93. The summed E-state index contributed by atoms with van der Waals surface area (Å²) < 4.78 is 56.2. The Morgan fingerprint density at radius 3 is 1.63 bits per heavy atom. The maximum atomic E-state index is 12.6. The Morgan fingerprint density at radius 1 is 0.583 bits per heavy atom. The standard InChI is InChI=1S/C44H51N3O13/c1-27-38(54-23-33-17-11-7-12-18-33)36(25-52-22-32-15-9-6-10-16-32)59-40(39(27)55-24-34-19-13-8-14-20-34)35-21-47(46-45-35)44-43(58-31(5)51)42(57-30(4)50)41(56-29(3)49)37(60-44)26-53-28(2)48/h6-21,27,36-44H,22-26H2,1-5H3/t27?,36-,37-,38+,39+,40-,41-,42+,43+,44+/m1/s1. The van der Waals surface area contributed by atoms with Crippen molar-refractivity contribution in [2.24, 2.45) is 5.92 Å². The zero-order valence-corrected chi connectivity index (χ0v) is 34.2. The minimum Gasteiger partial charge on any atom is -0.463 e. The number of rotatable bonds is 17. The van der Waals surface area contributed by atoms with E-state index in [1.165, 1.54) is 18.5 Å². The van der Waals surface area contributed by atoms with E-state index in [4.69, 9.17) is 42.6 Å². The van der Waals surface area contributed by atoms with Gasteiger partial charge in [0.15, 0.2) is 24.5 Å². The Morgan fingerprint density at radius 2 is 1.08 bits per heavy atom. The van der Waals surface area contributed by atoms with E-state index in [0.717, 1.165) is 30.5 Å². The molecule has 3 heterocycles. The number of carbonyl (C=O) groups is 4. The third kappa shape index (κ3) is 11.8. The van der Waals surface area contributed by atoms with Gasteiger partial charge in [0.25, 0.3) is 0 Å². The molecule has 0 saturated carbocycles. The van der Waals surface area contributed by atoms with Crippen LogP contribution in [0, 0.1) is 5.92 Å². The van der Waals surface area contributed by atoms with Crippen molar-refractivity contribution in [2.45, 2.75) is 109 Å². The fraction of sp³-hybridized carbons (Fsp3) is 0.455. The van der Waals surface area contributed by atoms with Gasteiger partial charge in [0.05, 0.1) is 44.8 Å². The first-order chi connectivity index (χ1) is 29.0. The van der Waals surface area contributed by atoms with Crippen molar-refractivity contribution in [1.82, 2.24) is 15.0 Å². The smallest absolute Gasteiger partial charge is 0.303 e. The molecular weight excluding hydrogens is 778 g/mol. The second-order valence-electron chi connectivity index (χ2n) is 14.7. The zero-order valence-electron chi connectivity index (χ0n) is 34.2. The first-order valence-electron chi connectivity index (χ1n) is 19.8.